The largest absolute Gasteiger partial charge is 0.299 e. The van der Waals surface area contributed by atoms with E-state index in [4.69, 9.17) is 11.6 Å². The summed E-state index contributed by atoms with van der Waals surface area (Å²) in [5, 5.41) is 0.246. The minimum atomic E-state index is -3.55. The molecule has 0 amide bonds. The second kappa shape index (κ2) is 10.2. The van der Waals surface area contributed by atoms with Crippen LogP contribution in [0.4, 0.5) is 0 Å². The van der Waals surface area contributed by atoms with Gasteiger partial charge in [0.1, 0.15) is 10.0 Å². The van der Waals surface area contributed by atoms with Crippen molar-refractivity contribution in [3.63, 3.8) is 0 Å². The summed E-state index contributed by atoms with van der Waals surface area (Å²) in [5.74, 6) is 0. The Bertz CT molecular complexity index is 908. The van der Waals surface area contributed by atoms with E-state index in [0.717, 1.165) is 51.7 Å². The molecule has 2 aromatic rings. The molecule has 0 radical (unpaired) electrons. The van der Waals surface area contributed by atoms with Crippen LogP contribution in [0.1, 0.15) is 36.8 Å². The molecule has 0 bridgehead atoms. The predicted octanol–water partition coefficient (Wildman–Crippen LogP) is 4.39. The van der Waals surface area contributed by atoms with E-state index in [0.29, 0.717) is 11.0 Å². The number of halogens is 2. The summed E-state index contributed by atoms with van der Waals surface area (Å²) in [7, 11) is -3.55. The summed E-state index contributed by atoms with van der Waals surface area (Å²) in [5.41, 5.74) is 2.93. The van der Waals surface area contributed by atoms with E-state index in [9.17, 15) is 8.42 Å². The number of rotatable bonds is 9. The smallest absolute Gasteiger partial charge is 0.242 e. The Morgan fingerprint density at radius 3 is 2.68 bits per heavy atom. The van der Waals surface area contributed by atoms with E-state index < -0.39 is 10.0 Å². The highest BCUT2D eigenvalue weighted by atomic mass is 79.9. The van der Waals surface area contributed by atoms with Gasteiger partial charge in [-0.05, 0) is 58.9 Å². The molecule has 0 aliphatic carbocycles. The number of nitrogens with zero attached hydrogens (tertiary/aromatic N) is 2. The van der Waals surface area contributed by atoms with Gasteiger partial charge in [0.05, 0.1) is 4.47 Å². The lowest BCUT2D eigenvalue weighted by Gasteiger charge is -2.28. The number of hydrogen-bond donors (Lipinski definition) is 1. The molecule has 0 fully saturated rings. The summed E-state index contributed by atoms with van der Waals surface area (Å²) in [6.07, 6.45) is 6.48. The third kappa shape index (κ3) is 6.00. The zero-order valence-electron chi connectivity index (χ0n) is 15.7. The Kier molecular flexibility index (Phi) is 7.88. The van der Waals surface area contributed by atoms with E-state index in [1.807, 2.05) is 0 Å². The molecule has 8 heteroatoms. The standard InChI is InChI=1S/C20H25BrClN3O2S/c21-19-13-18(14-23-20(19)22)28(26,27)24-10-5-1-2-6-11-25-12-9-16-7-3-4-8-17(16)15-25/h3-4,7-8,13-14,24H,1-2,5-6,9-12,15H2. The fourth-order valence-electron chi connectivity index (χ4n) is 3.40. The maximum absolute atomic E-state index is 12.3. The first kappa shape index (κ1) is 21.7. The maximum Gasteiger partial charge on any atom is 0.242 e. The van der Waals surface area contributed by atoms with Crippen LogP contribution in [0.5, 0.6) is 0 Å². The highest BCUT2D eigenvalue weighted by Crippen LogP contribution is 2.22. The van der Waals surface area contributed by atoms with Crippen molar-refractivity contribution in [2.24, 2.45) is 0 Å². The van der Waals surface area contributed by atoms with Crippen molar-refractivity contribution in [1.29, 1.82) is 0 Å². The highest BCUT2D eigenvalue weighted by molar-refractivity contribution is 9.10. The first-order valence-electron chi connectivity index (χ1n) is 9.55. The van der Waals surface area contributed by atoms with E-state index in [2.05, 4.69) is 54.8 Å². The summed E-state index contributed by atoms with van der Waals surface area (Å²) in [6, 6.07) is 10.1. The summed E-state index contributed by atoms with van der Waals surface area (Å²) in [4.78, 5) is 6.50. The first-order chi connectivity index (χ1) is 13.5. The molecule has 0 spiro atoms. The summed E-state index contributed by atoms with van der Waals surface area (Å²) >= 11 is 9.01. The van der Waals surface area contributed by atoms with Crippen molar-refractivity contribution in [2.45, 2.75) is 43.5 Å². The zero-order chi connectivity index (χ0) is 20.0. The van der Waals surface area contributed by atoms with Crippen molar-refractivity contribution in [3.8, 4) is 0 Å². The van der Waals surface area contributed by atoms with Crippen molar-refractivity contribution in [1.82, 2.24) is 14.6 Å². The monoisotopic (exact) mass is 485 g/mol. The molecule has 5 nitrogen and oxygen atoms in total. The molecule has 2 heterocycles. The third-order valence-corrected chi connectivity index (χ3v) is 7.55. The van der Waals surface area contributed by atoms with Gasteiger partial charge in [0.2, 0.25) is 10.0 Å². The number of hydrogen-bond acceptors (Lipinski definition) is 4. The summed E-state index contributed by atoms with van der Waals surface area (Å²) in [6.45, 7) is 3.70. The predicted molar refractivity (Wildman–Crippen MR) is 116 cm³/mol. The molecule has 1 aliphatic rings. The highest BCUT2D eigenvalue weighted by Gasteiger charge is 2.16. The zero-order valence-corrected chi connectivity index (χ0v) is 18.9. The minimum Gasteiger partial charge on any atom is -0.299 e. The van der Waals surface area contributed by atoms with Crippen LogP contribution in [-0.2, 0) is 23.0 Å². The van der Waals surface area contributed by atoms with Gasteiger partial charge in [-0.1, -0.05) is 48.7 Å². The van der Waals surface area contributed by atoms with Gasteiger partial charge in [0, 0.05) is 25.8 Å². The molecule has 1 aromatic heterocycles. The normalized spacial score (nSPS) is 14.8. The number of aromatic nitrogens is 1. The molecule has 1 N–H and O–H groups in total. The Morgan fingerprint density at radius 2 is 1.89 bits per heavy atom. The van der Waals surface area contributed by atoms with Crippen molar-refractivity contribution in [2.75, 3.05) is 19.6 Å². The minimum absolute atomic E-state index is 0.120. The van der Waals surface area contributed by atoms with Gasteiger partial charge in [-0.2, -0.15) is 0 Å². The summed E-state index contributed by atoms with van der Waals surface area (Å²) < 4.78 is 27.6. The number of fused-ring (bicyclic) bond motifs is 1. The molecule has 0 saturated carbocycles. The molecule has 1 aromatic carbocycles. The molecule has 0 atom stereocenters. The van der Waals surface area contributed by atoms with Crippen LogP contribution < -0.4 is 4.72 Å². The Morgan fingerprint density at radius 1 is 1.14 bits per heavy atom. The molecule has 3 rings (SSSR count). The van der Waals surface area contributed by atoms with Crippen LogP contribution in [0.15, 0.2) is 45.9 Å². The fourth-order valence-corrected chi connectivity index (χ4v) is 5.05. The SMILES string of the molecule is O=S(=O)(NCCCCCCN1CCc2ccccc2C1)c1cnc(Cl)c(Br)c1. The van der Waals surface area contributed by atoms with Gasteiger partial charge in [-0.15, -0.1) is 0 Å². The molecule has 0 saturated heterocycles. The van der Waals surface area contributed by atoms with Gasteiger partial charge < -0.3 is 0 Å². The maximum atomic E-state index is 12.3. The van der Waals surface area contributed by atoms with Crippen LogP contribution in [-0.4, -0.2) is 37.9 Å². The van der Waals surface area contributed by atoms with Gasteiger partial charge in [0.15, 0.2) is 0 Å². The number of unbranched alkanes of at least 4 members (excludes halogenated alkanes) is 3. The number of pyridine rings is 1. The van der Waals surface area contributed by atoms with E-state index in [-0.39, 0.29) is 10.0 Å². The average Bonchev–Trinajstić information content (AvgIpc) is 2.69. The van der Waals surface area contributed by atoms with E-state index in [1.54, 1.807) is 0 Å². The van der Waals surface area contributed by atoms with Gasteiger partial charge in [0.25, 0.3) is 0 Å². The third-order valence-electron chi connectivity index (χ3n) is 4.98. The van der Waals surface area contributed by atoms with Crippen LogP contribution >= 0.6 is 27.5 Å². The van der Waals surface area contributed by atoms with Crippen molar-refractivity contribution >= 4 is 37.6 Å². The number of nitrogens with one attached hydrogen (secondary N) is 1. The number of benzene rings is 1. The second-order valence-electron chi connectivity index (χ2n) is 7.05. The lowest BCUT2D eigenvalue weighted by Crippen LogP contribution is -2.31. The molecule has 152 valence electrons. The average molecular weight is 487 g/mol. The van der Waals surface area contributed by atoms with Gasteiger partial charge >= 0.3 is 0 Å². The van der Waals surface area contributed by atoms with Crippen molar-refractivity contribution in [3.05, 3.63) is 57.3 Å². The Labute approximate surface area is 180 Å². The van der Waals surface area contributed by atoms with Crippen LogP contribution in [0.2, 0.25) is 5.15 Å². The molecule has 0 unspecified atom stereocenters. The molecule has 28 heavy (non-hydrogen) atoms. The first-order valence-corrected chi connectivity index (χ1v) is 12.2. The number of sulfonamides is 1. The molecular formula is C20H25BrClN3O2S. The topological polar surface area (TPSA) is 62.3 Å². The van der Waals surface area contributed by atoms with Crippen LogP contribution in [0.3, 0.4) is 0 Å². The molecule has 1 aliphatic heterocycles. The van der Waals surface area contributed by atoms with Crippen LogP contribution in [0, 0.1) is 0 Å². The Balaban J connectivity index is 1.31. The van der Waals surface area contributed by atoms with Gasteiger partial charge in [-0.3, -0.25) is 4.90 Å². The fraction of sp³-hybridized carbons (Fsp3) is 0.450. The van der Waals surface area contributed by atoms with Crippen molar-refractivity contribution < 1.29 is 8.42 Å². The van der Waals surface area contributed by atoms with Crippen LogP contribution in [0.25, 0.3) is 0 Å². The quantitative estimate of drug-likeness (QED) is 0.422. The van der Waals surface area contributed by atoms with E-state index >= 15 is 0 Å². The lowest BCUT2D eigenvalue weighted by atomic mass is 10.00. The van der Waals surface area contributed by atoms with E-state index in [1.165, 1.54) is 23.4 Å². The van der Waals surface area contributed by atoms with Gasteiger partial charge in [-0.25, -0.2) is 18.1 Å². The lowest BCUT2D eigenvalue weighted by molar-refractivity contribution is 0.248. The molecular weight excluding hydrogens is 462 g/mol. The second-order valence-corrected chi connectivity index (χ2v) is 10.0. The Hall–Kier alpha value is -0.990.